The van der Waals surface area contributed by atoms with Crippen molar-refractivity contribution in [1.29, 1.82) is 0 Å². The van der Waals surface area contributed by atoms with Crippen LogP contribution in [0.3, 0.4) is 0 Å². The maximum Gasteiger partial charge on any atom is 0.331 e. The number of thiazole rings is 1. The summed E-state index contributed by atoms with van der Waals surface area (Å²) in [5, 5.41) is 12.5. The lowest BCUT2D eigenvalue weighted by molar-refractivity contribution is -0.133. The number of fused-ring (bicyclic) bond motifs is 1. The SMILES string of the molecule is CC(C(=O)O)=C(C)C(=O)Nc1ccc2nc(C)sc2c1. The third-order valence-electron chi connectivity index (χ3n) is 2.98. The van der Waals surface area contributed by atoms with E-state index < -0.39 is 11.9 Å². The maximum absolute atomic E-state index is 12.0. The molecule has 0 aliphatic carbocycles. The van der Waals surface area contributed by atoms with Gasteiger partial charge in [0.15, 0.2) is 0 Å². The van der Waals surface area contributed by atoms with Crippen LogP contribution in [0.2, 0.25) is 0 Å². The highest BCUT2D eigenvalue weighted by Gasteiger charge is 2.13. The van der Waals surface area contributed by atoms with Gasteiger partial charge in [-0.1, -0.05) is 0 Å². The number of anilines is 1. The highest BCUT2D eigenvalue weighted by molar-refractivity contribution is 7.18. The van der Waals surface area contributed by atoms with Crippen LogP contribution in [-0.4, -0.2) is 22.0 Å². The van der Waals surface area contributed by atoms with Crippen molar-refractivity contribution < 1.29 is 14.7 Å². The minimum absolute atomic E-state index is 0.0391. The van der Waals surface area contributed by atoms with Crippen molar-refractivity contribution in [1.82, 2.24) is 4.98 Å². The number of aryl methyl sites for hydroxylation is 1. The summed E-state index contributed by atoms with van der Waals surface area (Å²) < 4.78 is 0.983. The molecular formula is C14H14N2O3S. The fourth-order valence-corrected chi connectivity index (χ4v) is 2.54. The first kappa shape index (κ1) is 14.2. The maximum atomic E-state index is 12.0. The Kier molecular flexibility index (Phi) is 3.85. The number of hydrogen-bond donors (Lipinski definition) is 2. The number of nitrogens with zero attached hydrogens (tertiary/aromatic N) is 1. The van der Waals surface area contributed by atoms with E-state index in [4.69, 9.17) is 5.11 Å². The molecule has 0 saturated heterocycles. The molecule has 1 amide bonds. The van der Waals surface area contributed by atoms with Gasteiger partial charge in [-0.25, -0.2) is 9.78 Å². The lowest BCUT2D eigenvalue weighted by atomic mass is 10.1. The van der Waals surface area contributed by atoms with Gasteiger partial charge in [-0.3, -0.25) is 4.79 Å². The number of carboxylic acid groups (broad SMARTS) is 1. The summed E-state index contributed by atoms with van der Waals surface area (Å²) in [5.41, 5.74) is 1.75. The molecule has 5 nitrogen and oxygen atoms in total. The zero-order valence-electron chi connectivity index (χ0n) is 11.4. The zero-order chi connectivity index (χ0) is 14.9. The van der Waals surface area contributed by atoms with Crippen LogP contribution in [0.4, 0.5) is 5.69 Å². The van der Waals surface area contributed by atoms with Crippen LogP contribution in [0.1, 0.15) is 18.9 Å². The Hall–Kier alpha value is -2.21. The molecule has 1 aromatic heterocycles. The molecular weight excluding hydrogens is 276 g/mol. The molecule has 2 aromatic rings. The predicted molar refractivity (Wildman–Crippen MR) is 79.0 cm³/mol. The zero-order valence-corrected chi connectivity index (χ0v) is 12.2. The Labute approximate surface area is 120 Å². The molecule has 0 aliphatic heterocycles. The van der Waals surface area contributed by atoms with E-state index >= 15 is 0 Å². The average molecular weight is 290 g/mol. The summed E-state index contributed by atoms with van der Waals surface area (Å²) >= 11 is 1.54. The molecule has 0 aliphatic rings. The van der Waals surface area contributed by atoms with Gasteiger partial charge < -0.3 is 10.4 Å². The number of rotatable bonds is 3. The molecule has 20 heavy (non-hydrogen) atoms. The molecule has 0 radical (unpaired) electrons. The van der Waals surface area contributed by atoms with Gasteiger partial charge in [0, 0.05) is 16.8 Å². The van der Waals surface area contributed by atoms with E-state index in [0.717, 1.165) is 15.2 Å². The number of aliphatic carboxylic acids is 1. The second-order valence-corrected chi connectivity index (χ2v) is 5.66. The van der Waals surface area contributed by atoms with Crippen LogP contribution >= 0.6 is 11.3 Å². The summed E-state index contributed by atoms with van der Waals surface area (Å²) in [5.74, 6) is -1.50. The van der Waals surface area contributed by atoms with Gasteiger partial charge in [-0.2, -0.15) is 0 Å². The van der Waals surface area contributed by atoms with Crippen LogP contribution < -0.4 is 5.32 Å². The van der Waals surface area contributed by atoms with Crippen molar-refractivity contribution in [2.45, 2.75) is 20.8 Å². The Morgan fingerprint density at radius 3 is 2.60 bits per heavy atom. The molecule has 1 heterocycles. The highest BCUT2D eigenvalue weighted by Crippen LogP contribution is 2.25. The molecule has 2 rings (SSSR count). The molecule has 2 N–H and O–H groups in total. The van der Waals surface area contributed by atoms with E-state index in [0.29, 0.717) is 5.69 Å². The number of carboxylic acids is 1. The fraction of sp³-hybridized carbons (Fsp3) is 0.214. The van der Waals surface area contributed by atoms with E-state index in [1.54, 1.807) is 17.4 Å². The number of benzene rings is 1. The number of amides is 1. The number of hydrogen-bond acceptors (Lipinski definition) is 4. The quantitative estimate of drug-likeness (QED) is 0.852. The van der Waals surface area contributed by atoms with E-state index in [1.807, 2.05) is 19.1 Å². The van der Waals surface area contributed by atoms with Crippen LogP contribution in [0.15, 0.2) is 29.3 Å². The van der Waals surface area contributed by atoms with E-state index in [9.17, 15) is 9.59 Å². The smallest absolute Gasteiger partial charge is 0.331 e. The minimum atomic E-state index is -1.09. The highest BCUT2D eigenvalue weighted by atomic mass is 32.1. The molecule has 0 fully saturated rings. The Morgan fingerprint density at radius 1 is 1.25 bits per heavy atom. The lowest BCUT2D eigenvalue weighted by Crippen LogP contribution is -2.16. The summed E-state index contributed by atoms with van der Waals surface area (Å²) in [4.78, 5) is 27.1. The topological polar surface area (TPSA) is 79.3 Å². The molecule has 0 unspecified atom stereocenters. The molecule has 0 bridgehead atoms. The molecule has 0 saturated carbocycles. The predicted octanol–water partition coefficient (Wildman–Crippen LogP) is 2.96. The fourth-order valence-electron chi connectivity index (χ4n) is 1.67. The van der Waals surface area contributed by atoms with Gasteiger partial charge >= 0.3 is 5.97 Å². The molecule has 6 heteroatoms. The Bertz CT molecular complexity index is 731. The minimum Gasteiger partial charge on any atom is -0.478 e. The van der Waals surface area contributed by atoms with Crippen molar-refractivity contribution in [3.05, 3.63) is 34.4 Å². The first-order chi connectivity index (χ1) is 9.38. The first-order valence-electron chi connectivity index (χ1n) is 5.98. The van der Waals surface area contributed by atoms with Crippen LogP contribution in [0, 0.1) is 6.92 Å². The summed E-state index contributed by atoms with van der Waals surface area (Å²) in [7, 11) is 0. The van der Waals surface area contributed by atoms with E-state index in [1.165, 1.54) is 13.8 Å². The van der Waals surface area contributed by atoms with Gasteiger partial charge in [0.2, 0.25) is 0 Å². The third kappa shape index (κ3) is 2.85. The summed E-state index contributed by atoms with van der Waals surface area (Å²) in [6.45, 7) is 4.83. The molecule has 104 valence electrons. The van der Waals surface area contributed by atoms with Gasteiger partial charge in [-0.05, 0) is 39.0 Å². The van der Waals surface area contributed by atoms with Gasteiger partial charge in [0.05, 0.1) is 15.2 Å². The molecule has 1 aromatic carbocycles. The van der Waals surface area contributed by atoms with Crippen molar-refractivity contribution in [2.24, 2.45) is 0 Å². The average Bonchev–Trinajstić information content (AvgIpc) is 2.76. The van der Waals surface area contributed by atoms with Crippen molar-refractivity contribution in [3.63, 3.8) is 0 Å². The van der Waals surface area contributed by atoms with Crippen LogP contribution in [0.25, 0.3) is 10.2 Å². The first-order valence-corrected chi connectivity index (χ1v) is 6.79. The van der Waals surface area contributed by atoms with Crippen molar-refractivity contribution in [3.8, 4) is 0 Å². The molecule has 0 spiro atoms. The van der Waals surface area contributed by atoms with Crippen molar-refractivity contribution in [2.75, 3.05) is 5.32 Å². The Balaban J connectivity index is 2.25. The summed E-state index contributed by atoms with van der Waals surface area (Å²) in [6.07, 6.45) is 0. The van der Waals surface area contributed by atoms with Gasteiger partial charge in [0.25, 0.3) is 5.91 Å². The number of aromatic nitrogens is 1. The number of nitrogens with one attached hydrogen (secondary N) is 1. The number of carbonyl (C=O) groups excluding carboxylic acids is 1. The third-order valence-corrected chi connectivity index (χ3v) is 3.91. The van der Waals surface area contributed by atoms with Gasteiger partial charge in [0.1, 0.15) is 0 Å². The van der Waals surface area contributed by atoms with Crippen molar-refractivity contribution >= 4 is 39.1 Å². The largest absolute Gasteiger partial charge is 0.478 e. The monoisotopic (exact) mass is 290 g/mol. The van der Waals surface area contributed by atoms with Gasteiger partial charge in [-0.15, -0.1) is 11.3 Å². The lowest BCUT2D eigenvalue weighted by Gasteiger charge is -2.06. The molecule has 0 atom stereocenters. The van der Waals surface area contributed by atoms with E-state index in [2.05, 4.69) is 10.3 Å². The number of carbonyl (C=O) groups is 2. The second kappa shape index (κ2) is 5.42. The summed E-state index contributed by atoms with van der Waals surface area (Å²) in [6, 6.07) is 5.42. The normalized spacial score (nSPS) is 12.2. The standard InChI is InChI=1S/C14H14N2O3S/c1-7(8(2)14(18)19)13(17)16-10-4-5-11-12(6-10)20-9(3)15-11/h4-6H,1-3H3,(H,16,17)(H,18,19). The second-order valence-electron chi connectivity index (χ2n) is 4.42. The van der Waals surface area contributed by atoms with E-state index in [-0.39, 0.29) is 11.1 Å². The Morgan fingerprint density at radius 2 is 1.95 bits per heavy atom. The van der Waals surface area contributed by atoms with Crippen LogP contribution in [0.5, 0.6) is 0 Å². The van der Waals surface area contributed by atoms with Crippen LogP contribution in [-0.2, 0) is 9.59 Å².